The predicted octanol–water partition coefficient (Wildman–Crippen LogP) is 12.6. The third-order valence-electron chi connectivity index (χ3n) is 10.8. The average Bonchev–Trinajstić information content (AvgIpc) is 3.12. The van der Waals surface area contributed by atoms with Gasteiger partial charge in [-0.1, -0.05) is 101 Å². The summed E-state index contributed by atoms with van der Waals surface area (Å²) in [5, 5.41) is 0. The minimum absolute atomic E-state index is 0.307. The standard InChI is InChI=1S/C42H66O2S4Si2/c1-7-9-11-26-41(33-49(5,43)30-14-28-45,35-18-22-39(47-3)23-19-35)37-16-13-17-38(32-37)42(27-12-10-8-2,34-50(6,44)31-15-29-46)36-20-24-40(48-4)25-21-36/h13,16-25,32,43-46H,7-12,14-15,26-31,33-34H2,1-6H3. The number of unbranched alkanes of at least 4 members (excludes halogenated alkanes) is 4. The Labute approximate surface area is 327 Å². The van der Waals surface area contributed by atoms with E-state index in [2.05, 4.69) is 138 Å². The van der Waals surface area contributed by atoms with Gasteiger partial charge < -0.3 is 9.59 Å². The summed E-state index contributed by atoms with van der Waals surface area (Å²) < 4.78 is 0. The van der Waals surface area contributed by atoms with E-state index in [0.29, 0.717) is 0 Å². The molecule has 0 aliphatic heterocycles. The second-order valence-corrected chi connectivity index (χ2v) is 25.5. The maximum absolute atomic E-state index is 12.3. The zero-order chi connectivity index (χ0) is 36.7. The molecule has 0 bridgehead atoms. The Morgan fingerprint density at radius 2 is 0.940 bits per heavy atom. The summed E-state index contributed by atoms with van der Waals surface area (Å²) in [5.41, 5.74) is 4.66. The van der Waals surface area contributed by atoms with Gasteiger partial charge in [-0.3, -0.25) is 0 Å². The van der Waals surface area contributed by atoms with Crippen LogP contribution in [0, 0.1) is 0 Å². The van der Waals surface area contributed by atoms with Crippen molar-refractivity contribution in [2.75, 3.05) is 24.0 Å². The molecule has 0 spiro atoms. The van der Waals surface area contributed by atoms with E-state index < -0.39 is 16.6 Å². The predicted molar refractivity (Wildman–Crippen MR) is 237 cm³/mol. The van der Waals surface area contributed by atoms with E-state index in [1.54, 1.807) is 23.5 Å². The van der Waals surface area contributed by atoms with E-state index in [9.17, 15) is 9.59 Å². The van der Waals surface area contributed by atoms with Crippen LogP contribution in [0.3, 0.4) is 0 Å². The first kappa shape index (κ1) is 43.8. The molecule has 8 heteroatoms. The lowest BCUT2D eigenvalue weighted by Crippen LogP contribution is -2.43. The van der Waals surface area contributed by atoms with Crippen LogP contribution in [0.15, 0.2) is 82.6 Å². The molecule has 2 N–H and O–H groups in total. The molecular formula is C42H66O2S4Si2. The Bertz CT molecular complexity index is 1300. The van der Waals surface area contributed by atoms with Crippen LogP contribution in [0.1, 0.15) is 100 Å². The molecule has 0 aliphatic rings. The van der Waals surface area contributed by atoms with Crippen molar-refractivity contribution in [3.63, 3.8) is 0 Å². The minimum atomic E-state index is -2.62. The van der Waals surface area contributed by atoms with E-state index in [1.807, 2.05) is 0 Å². The lowest BCUT2D eigenvalue weighted by molar-refractivity contribution is 0.431. The van der Waals surface area contributed by atoms with Crippen LogP contribution in [0.2, 0.25) is 37.3 Å². The highest BCUT2D eigenvalue weighted by Gasteiger charge is 2.45. The molecule has 4 atom stereocenters. The third kappa shape index (κ3) is 12.2. The Hall–Kier alpha value is -0.586. The summed E-state index contributed by atoms with van der Waals surface area (Å²) in [6.45, 7) is 8.92. The third-order valence-corrected chi connectivity index (χ3v) is 18.5. The Morgan fingerprint density at radius 1 is 0.560 bits per heavy atom. The molecule has 3 rings (SSSR count). The lowest BCUT2D eigenvalue weighted by Gasteiger charge is -2.43. The molecule has 278 valence electrons. The summed E-state index contributed by atoms with van der Waals surface area (Å²) in [6.07, 6.45) is 15.1. The van der Waals surface area contributed by atoms with Gasteiger partial charge >= 0.3 is 0 Å². The second kappa shape index (κ2) is 21.3. The molecule has 3 aromatic rings. The van der Waals surface area contributed by atoms with Crippen LogP contribution in [0.4, 0.5) is 0 Å². The molecule has 0 saturated carbocycles. The van der Waals surface area contributed by atoms with Crippen molar-refractivity contribution < 1.29 is 9.59 Å². The summed E-state index contributed by atoms with van der Waals surface area (Å²) in [7, 11) is -5.24. The topological polar surface area (TPSA) is 40.5 Å². The summed E-state index contributed by atoms with van der Waals surface area (Å²) >= 11 is 12.6. The van der Waals surface area contributed by atoms with Crippen molar-refractivity contribution in [1.29, 1.82) is 0 Å². The maximum atomic E-state index is 12.3. The summed E-state index contributed by atoms with van der Waals surface area (Å²) in [6, 6.07) is 31.3. The van der Waals surface area contributed by atoms with Gasteiger partial charge in [-0.05, 0) is 133 Å². The molecular weight excluding hydrogens is 721 g/mol. The van der Waals surface area contributed by atoms with E-state index >= 15 is 0 Å². The van der Waals surface area contributed by atoms with E-state index in [1.165, 1.54) is 44.9 Å². The number of thioether (sulfide) groups is 2. The van der Waals surface area contributed by atoms with Gasteiger partial charge in [-0.25, -0.2) is 0 Å². The van der Waals surface area contributed by atoms with Gasteiger partial charge in [0.2, 0.25) is 0 Å². The van der Waals surface area contributed by atoms with Crippen molar-refractivity contribution in [2.24, 2.45) is 0 Å². The summed E-state index contributed by atoms with van der Waals surface area (Å²) in [5.74, 6) is 1.60. The molecule has 0 heterocycles. The normalized spacial score (nSPS) is 16.7. The number of hydrogen-bond acceptors (Lipinski definition) is 6. The second-order valence-electron chi connectivity index (χ2n) is 15.1. The van der Waals surface area contributed by atoms with Crippen LogP contribution in [-0.2, 0) is 10.8 Å². The molecule has 4 unspecified atom stereocenters. The van der Waals surface area contributed by atoms with Gasteiger partial charge in [0.15, 0.2) is 16.6 Å². The highest BCUT2D eigenvalue weighted by molar-refractivity contribution is 7.98. The number of thiol groups is 2. The smallest absolute Gasteiger partial charge is 0.186 e. The van der Waals surface area contributed by atoms with E-state index in [-0.39, 0.29) is 10.8 Å². The van der Waals surface area contributed by atoms with Gasteiger partial charge in [0.25, 0.3) is 0 Å². The molecule has 2 nitrogen and oxygen atoms in total. The van der Waals surface area contributed by atoms with Crippen LogP contribution in [-0.4, -0.2) is 50.2 Å². The first-order valence-electron chi connectivity index (χ1n) is 19.0. The molecule has 0 amide bonds. The number of rotatable bonds is 24. The quantitative estimate of drug-likeness (QED) is 0.0316. The Kier molecular flexibility index (Phi) is 18.7. The zero-order valence-electron chi connectivity index (χ0n) is 31.8. The van der Waals surface area contributed by atoms with E-state index in [4.69, 9.17) is 0 Å². The molecule has 0 aliphatic carbocycles. The lowest BCUT2D eigenvalue weighted by atomic mass is 9.68. The molecule has 0 saturated heterocycles. The van der Waals surface area contributed by atoms with Crippen LogP contribution in [0.5, 0.6) is 0 Å². The molecule has 0 fully saturated rings. The minimum Gasteiger partial charge on any atom is -0.432 e. The summed E-state index contributed by atoms with van der Waals surface area (Å²) in [4.78, 5) is 27.1. The zero-order valence-corrected chi connectivity index (χ0v) is 37.3. The fraction of sp³-hybridized carbons (Fsp3) is 0.571. The average molecular weight is 787 g/mol. The maximum Gasteiger partial charge on any atom is 0.186 e. The van der Waals surface area contributed by atoms with Crippen molar-refractivity contribution >= 4 is 65.4 Å². The van der Waals surface area contributed by atoms with Gasteiger partial charge in [-0.15, -0.1) is 23.5 Å². The van der Waals surface area contributed by atoms with E-state index in [0.717, 1.165) is 87.0 Å². The van der Waals surface area contributed by atoms with Crippen LogP contribution in [0.25, 0.3) is 0 Å². The van der Waals surface area contributed by atoms with Crippen molar-refractivity contribution in [2.45, 2.75) is 136 Å². The van der Waals surface area contributed by atoms with Crippen LogP contribution < -0.4 is 0 Å². The highest BCUT2D eigenvalue weighted by Crippen LogP contribution is 2.49. The SMILES string of the molecule is CCCCCC(C[Si](C)(O)CCCS)(c1ccc(SC)cc1)c1cccc(C(CCCCC)(C[Si](C)(O)CCCS)c2ccc(SC)cc2)c1. The van der Waals surface area contributed by atoms with Gasteiger partial charge in [0.05, 0.1) is 0 Å². The molecule has 0 radical (unpaired) electrons. The Balaban J connectivity index is 2.39. The highest BCUT2D eigenvalue weighted by atomic mass is 32.2. The number of hydrogen-bond donors (Lipinski definition) is 4. The van der Waals surface area contributed by atoms with Crippen molar-refractivity contribution in [3.8, 4) is 0 Å². The van der Waals surface area contributed by atoms with Crippen molar-refractivity contribution in [3.05, 3.63) is 95.1 Å². The van der Waals surface area contributed by atoms with Crippen LogP contribution >= 0.6 is 48.8 Å². The number of benzene rings is 3. The largest absolute Gasteiger partial charge is 0.432 e. The first-order valence-corrected chi connectivity index (χ1v) is 28.4. The van der Waals surface area contributed by atoms with Crippen molar-refractivity contribution in [1.82, 2.24) is 0 Å². The molecule has 3 aromatic carbocycles. The van der Waals surface area contributed by atoms with Gasteiger partial charge in [-0.2, -0.15) is 25.3 Å². The monoisotopic (exact) mass is 786 g/mol. The molecule has 50 heavy (non-hydrogen) atoms. The van der Waals surface area contributed by atoms with Gasteiger partial charge in [0.1, 0.15) is 0 Å². The first-order chi connectivity index (χ1) is 23.9. The Morgan fingerprint density at radius 3 is 1.26 bits per heavy atom. The molecule has 0 aromatic heterocycles. The fourth-order valence-corrected chi connectivity index (χ4v) is 15.9. The fourth-order valence-electron chi connectivity index (χ4n) is 8.18. The van der Waals surface area contributed by atoms with Gasteiger partial charge in [0, 0.05) is 20.6 Å².